The maximum Gasteiger partial charge on any atom is 0.261 e. The van der Waals surface area contributed by atoms with Crippen LogP contribution in [0.3, 0.4) is 0 Å². The van der Waals surface area contributed by atoms with Crippen molar-refractivity contribution in [3.63, 3.8) is 0 Å². The number of hydrazone groups is 1. The van der Waals surface area contributed by atoms with E-state index in [0.717, 1.165) is 0 Å². The fraction of sp³-hybridized carbons (Fsp3) is 0.273. The molecule has 1 aromatic rings. The van der Waals surface area contributed by atoms with Gasteiger partial charge in [0.05, 0.1) is 0 Å². The Kier molecular flexibility index (Phi) is 2.40. The quantitative estimate of drug-likeness (QED) is 0.385. The van der Waals surface area contributed by atoms with Gasteiger partial charge in [-0.05, 0) is 13.0 Å². The van der Waals surface area contributed by atoms with E-state index in [1.54, 1.807) is 31.2 Å². The number of hydrogen-bond acceptors (Lipinski definition) is 4. The number of benzene rings is 1. The minimum absolute atomic E-state index is 0.104. The summed E-state index contributed by atoms with van der Waals surface area (Å²) in [6.07, 6.45) is 0.104. The molecule has 1 atom stereocenters. The molecule has 0 saturated carbocycles. The summed E-state index contributed by atoms with van der Waals surface area (Å²) in [5, 5.41) is 16.5. The highest BCUT2D eigenvalue weighted by atomic mass is 16.3. The van der Waals surface area contributed by atoms with Crippen LogP contribution in [0.15, 0.2) is 29.4 Å². The predicted molar refractivity (Wildman–Crippen MR) is 60.9 cm³/mol. The third-order valence-electron chi connectivity index (χ3n) is 2.73. The van der Waals surface area contributed by atoms with E-state index in [2.05, 4.69) is 10.4 Å². The summed E-state index contributed by atoms with van der Waals surface area (Å²) in [6.45, 7) is 1.67. The van der Waals surface area contributed by atoms with E-state index in [1.807, 2.05) is 0 Å². The van der Waals surface area contributed by atoms with Gasteiger partial charge in [-0.25, -0.2) is 0 Å². The van der Waals surface area contributed by atoms with Gasteiger partial charge in [0.1, 0.15) is 0 Å². The van der Waals surface area contributed by atoms with Gasteiger partial charge in [0, 0.05) is 23.4 Å². The van der Waals surface area contributed by atoms with Crippen LogP contribution < -0.4 is 11.2 Å². The van der Waals surface area contributed by atoms with Crippen LogP contribution in [0.25, 0.3) is 0 Å². The summed E-state index contributed by atoms with van der Waals surface area (Å²) >= 11 is 0. The molecule has 1 amide bonds. The number of carbonyl (C=O) groups excluding carboxylic acids is 1. The highest BCUT2D eigenvalue weighted by molar-refractivity contribution is 6.07. The second kappa shape index (κ2) is 3.61. The molecule has 0 unspecified atom stereocenters. The average Bonchev–Trinajstić information content (AvgIpc) is 2.52. The van der Waals surface area contributed by atoms with E-state index in [9.17, 15) is 9.90 Å². The number of amides is 1. The zero-order valence-corrected chi connectivity index (χ0v) is 8.90. The summed E-state index contributed by atoms with van der Waals surface area (Å²) < 4.78 is 0. The fourth-order valence-electron chi connectivity index (χ4n) is 1.89. The van der Waals surface area contributed by atoms with Crippen molar-refractivity contribution < 1.29 is 9.90 Å². The largest absolute Gasteiger partial charge is 0.375 e. The van der Waals surface area contributed by atoms with Crippen LogP contribution in [0.5, 0.6) is 0 Å². The van der Waals surface area contributed by atoms with Crippen LogP contribution in [-0.4, -0.2) is 16.7 Å². The summed E-state index contributed by atoms with van der Waals surface area (Å²) in [5.41, 5.74) is 0.181. The first kappa shape index (κ1) is 10.6. The highest BCUT2D eigenvalue weighted by Crippen LogP contribution is 2.38. The van der Waals surface area contributed by atoms with Crippen LogP contribution in [0.2, 0.25) is 0 Å². The van der Waals surface area contributed by atoms with Gasteiger partial charge in [0.25, 0.3) is 5.91 Å². The lowest BCUT2D eigenvalue weighted by molar-refractivity contribution is -0.132. The number of anilines is 1. The Morgan fingerprint density at radius 2 is 2.25 bits per heavy atom. The molecular formula is C11H13N3O2. The number of aliphatic hydroxyl groups is 1. The highest BCUT2D eigenvalue weighted by Gasteiger charge is 2.45. The summed E-state index contributed by atoms with van der Waals surface area (Å²) in [6, 6.07) is 7.05. The number of para-hydroxylation sites is 1. The Hall–Kier alpha value is -1.88. The maximum atomic E-state index is 11.7. The van der Waals surface area contributed by atoms with Crippen LogP contribution >= 0.6 is 0 Å². The second-order valence-electron chi connectivity index (χ2n) is 3.90. The molecule has 5 nitrogen and oxygen atoms in total. The SMILES string of the molecule is CC(C[C@@]1(O)C(=O)Nc2ccccc21)=NN. The zero-order valence-electron chi connectivity index (χ0n) is 8.90. The van der Waals surface area contributed by atoms with Gasteiger partial charge in [-0.3, -0.25) is 4.79 Å². The molecule has 4 N–H and O–H groups in total. The average molecular weight is 219 g/mol. The van der Waals surface area contributed by atoms with E-state index >= 15 is 0 Å². The Morgan fingerprint density at radius 1 is 1.56 bits per heavy atom. The molecule has 84 valence electrons. The Balaban J connectivity index is 2.44. The van der Waals surface area contributed by atoms with Crippen LogP contribution in [0, 0.1) is 0 Å². The van der Waals surface area contributed by atoms with Crippen LogP contribution in [0.4, 0.5) is 5.69 Å². The third-order valence-corrected chi connectivity index (χ3v) is 2.73. The van der Waals surface area contributed by atoms with Crippen molar-refractivity contribution in [2.45, 2.75) is 18.9 Å². The Morgan fingerprint density at radius 3 is 2.94 bits per heavy atom. The zero-order chi connectivity index (χ0) is 11.8. The summed E-state index contributed by atoms with van der Waals surface area (Å²) in [5.74, 6) is 4.69. The van der Waals surface area contributed by atoms with Crippen molar-refractivity contribution in [3.05, 3.63) is 29.8 Å². The van der Waals surface area contributed by atoms with Gasteiger partial charge in [0.15, 0.2) is 5.60 Å². The standard InChI is InChI=1S/C11H13N3O2/c1-7(14-12)6-11(16)8-4-2-3-5-9(8)13-10(11)15/h2-5,16H,6,12H2,1H3,(H,13,15)/t11-/m0/s1. The molecule has 1 aliphatic heterocycles. The third kappa shape index (κ3) is 1.45. The van der Waals surface area contributed by atoms with E-state index in [0.29, 0.717) is 17.0 Å². The molecule has 0 fully saturated rings. The minimum atomic E-state index is -1.55. The monoisotopic (exact) mass is 219 g/mol. The molecule has 0 saturated heterocycles. The predicted octanol–water partition coefficient (Wildman–Crippen LogP) is 0.551. The molecule has 1 aliphatic rings. The number of hydrogen-bond donors (Lipinski definition) is 3. The van der Waals surface area contributed by atoms with Crippen molar-refractivity contribution >= 4 is 17.3 Å². The van der Waals surface area contributed by atoms with Gasteiger partial charge >= 0.3 is 0 Å². The van der Waals surface area contributed by atoms with E-state index in [1.165, 1.54) is 0 Å². The van der Waals surface area contributed by atoms with Crippen molar-refractivity contribution in [1.82, 2.24) is 0 Å². The lowest BCUT2D eigenvalue weighted by atomic mass is 9.90. The van der Waals surface area contributed by atoms with Crippen LogP contribution in [0.1, 0.15) is 18.9 Å². The van der Waals surface area contributed by atoms with Gasteiger partial charge < -0.3 is 16.3 Å². The van der Waals surface area contributed by atoms with Crippen molar-refractivity contribution in [1.29, 1.82) is 0 Å². The molecule has 5 heteroatoms. The molecular weight excluding hydrogens is 206 g/mol. The molecule has 0 aromatic heterocycles. The van der Waals surface area contributed by atoms with Crippen LogP contribution in [-0.2, 0) is 10.4 Å². The number of nitrogens with two attached hydrogens (primary N) is 1. The van der Waals surface area contributed by atoms with Crippen molar-refractivity contribution in [3.8, 4) is 0 Å². The molecule has 0 spiro atoms. The molecule has 1 aromatic carbocycles. The maximum absolute atomic E-state index is 11.7. The second-order valence-corrected chi connectivity index (χ2v) is 3.90. The first-order chi connectivity index (χ1) is 7.58. The topological polar surface area (TPSA) is 87.7 Å². The number of fused-ring (bicyclic) bond motifs is 1. The molecule has 16 heavy (non-hydrogen) atoms. The number of nitrogens with zero attached hydrogens (tertiary/aromatic N) is 1. The first-order valence-electron chi connectivity index (χ1n) is 4.94. The van der Waals surface area contributed by atoms with Gasteiger partial charge in [0.2, 0.25) is 0 Å². The lowest BCUT2D eigenvalue weighted by Crippen LogP contribution is -2.36. The van der Waals surface area contributed by atoms with Crippen molar-refractivity contribution in [2.75, 3.05) is 5.32 Å². The molecule has 2 rings (SSSR count). The normalized spacial score (nSPS) is 24.1. The Bertz CT molecular complexity index is 470. The number of nitrogens with one attached hydrogen (secondary N) is 1. The summed E-state index contributed by atoms with van der Waals surface area (Å²) in [7, 11) is 0. The first-order valence-corrected chi connectivity index (χ1v) is 4.94. The smallest absolute Gasteiger partial charge is 0.261 e. The molecule has 0 radical (unpaired) electrons. The molecule has 1 heterocycles. The van der Waals surface area contributed by atoms with E-state index < -0.39 is 11.5 Å². The number of rotatable bonds is 2. The molecule has 0 bridgehead atoms. The van der Waals surface area contributed by atoms with Crippen molar-refractivity contribution in [2.24, 2.45) is 10.9 Å². The lowest BCUT2D eigenvalue weighted by Gasteiger charge is -2.20. The van der Waals surface area contributed by atoms with Gasteiger partial charge in [-0.2, -0.15) is 5.10 Å². The van der Waals surface area contributed by atoms with E-state index in [4.69, 9.17) is 5.84 Å². The van der Waals surface area contributed by atoms with Gasteiger partial charge in [-0.1, -0.05) is 18.2 Å². The van der Waals surface area contributed by atoms with Gasteiger partial charge in [-0.15, -0.1) is 0 Å². The Labute approximate surface area is 93.0 Å². The number of carbonyl (C=O) groups is 1. The minimum Gasteiger partial charge on any atom is -0.375 e. The van der Waals surface area contributed by atoms with E-state index in [-0.39, 0.29) is 6.42 Å². The molecule has 0 aliphatic carbocycles. The summed E-state index contributed by atoms with van der Waals surface area (Å²) in [4.78, 5) is 11.7. The fourth-order valence-corrected chi connectivity index (χ4v) is 1.89.